The van der Waals surface area contributed by atoms with Gasteiger partial charge in [0.15, 0.2) is 0 Å². The molecule has 0 unspecified atom stereocenters. The van der Waals surface area contributed by atoms with Crippen LogP contribution in [0.5, 0.6) is 5.75 Å². The van der Waals surface area contributed by atoms with Gasteiger partial charge in [0.2, 0.25) is 10.0 Å². The maximum Gasteiger partial charge on any atom is 0.573 e. The highest BCUT2D eigenvalue weighted by atomic mass is 32.2. The highest BCUT2D eigenvalue weighted by Gasteiger charge is 2.31. The van der Waals surface area contributed by atoms with Crippen LogP contribution < -0.4 is 9.46 Å². The number of H-pyrrole nitrogens is 1. The number of hydrogen-bond donors (Lipinski definition) is 2. The largest absolute Gasteiger partial charge is 0.573 e. The van der Waals surface area contributed by atoms with E-state index in [1.807, 2.05) is 0 Å². The summed E-state index contributed by atoms with van der Waals surface area (Å²) in [5.74, 6) is -0.266. The maximum absolute atomic E-state index is 12.3. The van der Waals surface area contributed by atoms with E-state index in [2.05, 4.69) is 25.9 Å². The average molecular weight is 403 g/mol. The molecule has 0 spiro atoms. The minimum absolute atomic E-state index is 0.196. The van der Waals surface area contributed by atoms with E-state index in [9.17, 15) is 21.6 Å². The molecule has 1 aliphatic rings. The fourth-order valence-electron chi connectivity index (χ4n) is 3.27. The van der Waals surface area contributed by atoms with Gasteiger partial charge >= 0.3 is 6.36 Å². The minimum Gasteiger partial charge on any atom is -0.406 e. The van der Waals surface area contributed by atoms with Crippen molar-refractivity contribution in [1.29, 1.82) is 0 Å². The van der Waals surface area contributed by atoms with Crippen LogP contribution in [0.1, 0.15) is 18.5 Å². The zero-order valence-corrected chi connectivity index (χ0v) is 15.2. The molecule has 0 radical (unpaired) electrons. The van der Waals surface area contributed by atoms with Crippen LogP contribution in [0.25, 0.3) is 10.9 Å². The van der Waals surface area contributed by atoms with Crippen LogP contribution in [0, 0.1) is 0 Å². The standard InChI is InChI=1S/C17H20F3N3O3S/c1-2-27(24,25)22-13-4-3-7-23(10-13)11-14-8-12-9-15(26-17(18,19)20)5-6-16(12)21-14/h2,5-6,8-9,13,21-22H,1,3-4,7,10-11H2/t13-/m1/s1. The Morgan fingerprint density at radius 1 is 1.37 bits per heavy atom. The molecule has 1 aromatic heterocycles. The lowest BCUT2D eigenvalue weighted by molar-refractivity contribution is -0.274. The van der Waals surface area contributed by atoms with Gasteiger partial charge in [-0.15, -0.1) is 13.2 Å². The molecule has 1 saturated heterocycles. The summed E-state index contributed by atoms with van der Waals surface area (Å²) < 4.78 is 66.8. The molecule has 0 bridgehead atoms. The number of rotatable bonds is 6. The number of benzene rings is 1. The van der Waals surface area contributed by atoms with Crippen molar-refractivity contribution in [3.05, 3.63) is 41.9 Å². The first-order valence-corrected chi connectivity index (χ1v) is 9.93. The molecular formula is C17H20F3N3O3S. The van der Waals surface area contributed by atoms with Crippen molar-refractivity contribution < 1.29 is 26.3 Å². The fourth-order valence-corrected chi connectivity index (χ4v) is 4.02. The number of nitrogens with one attached hydrogen (secondary N) is 2. The Bertz CT molecular complexity index is 924. The lowest BCUT2D eigenvalue weighted by atomic mass is 10.1. The lowest BCUT2D eigenvalue weighted by Crippen LogP contribution is -2.46. The molecule has 2 heterocycles. The molecule has 2 aromatic rings. The van der Waals surface area contributed by atoms with Crippen LogP contribution in [0.3, 0.4) is 0 Å². The molecule has 27 heavy (non-hydrogen) atoms. The van der Waals surface area contributed by atoms with Gasteiger partial charge in [-0.25, -0.2) is 13.1 Å². The van der Waals surface area contributed by atoms with Crippen molar-refractivity contribution in [2.75, 3.05) is 13.1 Å². The lowest BCUT2D eigenvalue weighted by Gasteiger charge is -2.32. The number of nitrogens with zero attached hydrogens (tertiary/aromatic N) is 1. The van der Waals surface area contributed by atoms with Crippen molar-refractivity contribution in [2.45, 2.75) is 31.8 Å². The Morgan fingerprint density at radius 3 is 2.85 bits per heavy atom. The molecule has 148 valence electrons. The number of ether oxygens (including phenoxy) is 1. The zero-order chi connectivity index (χ0) is 19.7. The van der Waals surface area contributed by atoms with Crippen molar-refractivity contribution in [2.24, 2.45) is 0 Å². The van der Waals surface area contributed by atoms with E-state index in [1.165, 1.54) is 18.2 Å². The highest BCUT2D eigenvalue weighted by Crippen LogP contribution is 2.27. The van der Waals surface area contributed by atoms with Crippen molar-refractivity contribution >= 4 is 20.9 Å². The van der Waals surface area contributed by atoms with E-state index >= 15 is 0 Å². The third-order valence-corrected chi connectivity index (χ3v) is 5.43. The van der Waals surface area contributed by atoms with E-state index in [1.54, 1.807) is 6.07 Å². The first kappa shape index (κ1) is 19.7. The van der Waals surface area contributed by atoms with Crippen molar-refractivity contribution in [3.63, 3.8) is 0 Å². The van der Waals surface area contributed by atoms with E-state index in [-0.39, 0.29) is 11.8 Å². The van der Waals surface area contributed by atoms with Crippen LogP contribution in [0.2, 0.25) is 0 Å². The van der Waals surface area contributed by atoms with Gasteiger partial charge in [-0.3, -0.25) is 4.90 Å². The van der Waals surface area contributed by atoms with Gasteiger partial charge in [0.05, 0.1) is 0 Å². The van der Waals surface area contributed by atoms with Gasteiger partial charge < -0.3 is 9.72 Å². The van der Waals surface area contributed by atoms with Crippen molar-refractivity contribution in [1.82, 2.24) is 14.6 Å². The Balaban J connectivity index is 1.68. The second-order valence-electron chi connectivity index (χ2n) is 6.50. The number of aromatic amines is 1. The second kappa shape index (κ2) is 7.53. The molecule has 10 heteroatoms. The summed E-state index contributed by atoms with van der Waals surface area (Å²) >= 11 is 0. The van der Waals surface area contributed by atoms with Gasteiger partial charge in [-0.2, -0.15) is 0 Å². The molecule has 3 rings (SSSR count). The van der Waals surface area contributed by atoms with Gasteiger partial charge in [0.25, 0.3) is 0 Å². The molecule has 1 fully saturated rings. The third-order valence-electron chi connectivity index (χ3n) is 4.33. The fraction of sp³-hybridized carbons (Fsp3) is 0.412. The Hall–Kier alpha value is -2.04. The van der Waals surface area contributed by atoms with E-state index in [0.717, 1.165) is 30.5 Å². The SMILES string of the molecule is C=CS(=O)(=O)N[C@@H]1CCCN(Cc2cc3cc(OC(F)(F)F)ccc3[nH]2)C1. The summed E-state index contributed by atoms with van der Waals surface area (Å²) in [6.45, 7) is 5.18. The topological polar surface area (TPSA) is 74.4 Å². The molecule has 1 aliphatic heterocycles. The first-order valence-electron chi connectivity index (χ1n) is 8.38. The summed E-state index contributed by atoms with van der Waals surface area (Å²) in [6, 6.07) is 5.71. The zero-order valence-electron chi connectivity index (χ0n) is 14.4. The van der Waals surface area contributed by atoms with Crippen LogP contribution >= 0.6 is 0 Å². The number of aromatic nitrogens is 1. The normalized spacial score (nSPS) is 19.3. The van der Waals surface area contributed by atoms with E-state index in [4.69, 9.17) is 0 Å². The van der Waals surface area contributed by atoms with Crippen LogP contribution in [-0.2, 0) is 16.6 Å². The van der Waals surface area contributed by atoms with Crippen LogP contribution in [0.15, 0.2) is 36.3 Å². The molecular weight excluding hydrogens is 383 g/mol. The van der Waals surface area contributed by atoms with Crippen molar-refractivity contribution in [3.8, 4) is 5.75 Å². The Labute approximate surface area is 155 Å². The van der Waals surface area contributed by atoms with Gasteiger partial charge in [0.1, 0.15) is 5.75 Å². The molecule has 0 aliphatic carbocycles. The predicted octanol–water partition coefficient (Wildman–Crippen LogP) is 3.09. The quantitative estimate of drug-likeness (QED) is 0.777. The van der Waals surface area contributed by atoms with E-state index < -0.39 is 16.4 Å². The number of halogens is 3. The monoisotopic (exact) mass is 403 g/mol. The average Bonchev–Trinajstić information content (AvgIpc) is 2.94. The van der Waals surface area contributed by atoms with Crippen LogP contribution in [0.4, 0.5) is 13.2 Å². The van der Waals surface area contributed by atoms with Gasteiger partial charge in [-0.05, 0) is 43.7 Å². The number of piperidine rings is 1. The minimum atomic E-state index is -4.73. The van der Waals surface area contributed by atoms with E-state index in [0.29, 0.717) is 24.0 Å². The summed E-state index contributed by atoms with van der Waals surface area (Å²) in [5.41, 5.74) is 1.54. The molecule has 6 nitrogen and oxygen atoms in total. The smallest absolute Gasteiger partial charge is 0.406 e. The van der Waals surface area contributed by atoms with Gasteiger partial charge in [-0.1, -0.05) is 6.58 Å². The molecule has 1 aromatic carbocycles. The molecule has 0 amide bonds. The predicted molar refractivity (Wildman–Crippen MR) is 95.5 cm³/mol. The summed E-state index contributed by atoms with van der Waals surface area (Å²) in [7, 11) is -3.48. The molecule has 0 saturated carbocycles. The van der Waals surface area contributed by atoms with Gasteiger partial charge in [0, 0.05) is 41.1 Å². The molecule has 2 N–H and O–H groups in total. The number of fused-ring (bicyclic) bond motifs is 1. The summed E-state index contributed by atoms with van der Waals surface area (Å²) in [5, 5.41) is 1.51. The number of sulfonamides is 1. The Kier molecular flexibility index (Phi) is 5.50. The second-order valence-corrected chi connectivity index (χ2v) is 8.15. The summed E-state index contributed by atoms with van der Waals surface area (Å²) in [4.78, 5) is 5.27. The third kappa shape index (κ3) is 5.47. The highest BCUT2D eigenvalue weighted by molar-refractivity contribution is 7.92. The summed E-state index contributed by atoms with van der Waals surface area (Å²) in [6.07, 6.45) is -3.14. The maximum atomic E-state index is 12.3. The number of likely N-dealkylation sites (tertiary alicyclic amines) is 1. The molecule has 1 atom stereocenters. The Morgan fingerprint density at radius 2 is 2.15 bits per heavy atom. The first-order chi connectivity index (χ1) is 12.6. The number of alkyl halides is 3. The number of hydrogen-bond acceptors (Lipinski definition) is 4. The van der Waals surface area contributed by atoms with Crippen LogP contribution in [-0.4, -0.2) is 43.8 Å².